The minimum absolute atomic E-state index is 0.125. The summed E-state index contributed by atoms with van der Waals surface area (Å²) >= 11 is 6.07. The molecule has 0 aliphatic carbocycles. The van der Waals surface area contributed by atoms with Crippen molar-refractivity contribution >= 4 is 34.9 Å². The number of methoxy groups -OCH3 is 1. The number of halogens is 1. The van der Waals surface area contributed by atoms with Crippen molar-refractivity contribution in [1.29, 1.82) is 0 Å². The Hall–Kier alpha value is -2.62. The van der Waals surface area contributed by atoms with E-state index in [-0.39, 0.29) is 18.5 Å². The molecule has 0 radical (unpaired) electrons. The molecule has 0 bridgehead atoms. The highest BCUT2D eigenvalue weighted by Gasteiger charge is 2.23. The zero-order valence-electron chi connectivity index (χ0n) is 16.3. The number of anilines is 2. The average Bonchev–Trinajstić information content (AvgIpc) is 3.16. The summed E-state index contributed by atoms with van der Waals surface area (Å²) in [5.41, 5.74) is 1.25. The van der Waals surface area contributed by atoms with Gasteiger partial charge in [-0.3, -0.25) is 14.4 Å². The number of hydrogen-bond acceptors (Lipinski definition) is 5. The van der Waals surface area contributed by atoms with Crippen LogP contribution in [0.15, 0.2) is 36.7 Å². The molecule has 2 aromatic rings. The van der Waals surface area contributed by atoms with Crippen molar-refractivity contribution in [3.63, 3.8) is 0 Å². The fraction of sp³-hybridized carbons (Fsp3) is 0.421. The zero-order valence-corrected chi connectivity index (χ0v) is 17.1. The van der Waals surface area contributed by atoms with Crippen LogP contribution in [0, 0.1) is 0 Å². The predicted octanol–water partition coefficient (Wildman–Crippen LogP) is 1.97. The molecule has 0 saturated carbocycles. The normalized spacial score (nSPS) is 14.6. The maximum atomic E-state index is 12.4. The first kappa shape index (κ1) is 21.1. The lowest BCUT2D eigenvalue weighted by atomic mass is 10.3. The SMILES string of the molecule is COCCn1cc(NC(=O)N2CCN(CC(=O)Nc3ccccc3Cl)CC2)cn1. The molecular weight excluding hydrogens is 396 g/mol. The summed E-state index contributed by atoms with van der Waals surface area (Å²) in [4.78, 5) is 28.4. The quantitative estimate of drug-likeness (QED) is 0.714. The number of ether oxygens (including phenoxy) is 1. The first-order valence-electron chi connectivity index (χ1n) is 9.39. The Kier molecular flexibility index (Phi) is 7.45. The summed E-state index contributed by atoms with van der Waals surface area (Å²) in [6.07, 6.45) is 3.38. The van der Waals surface area contributed by atoms with E-state index in [9.17, 15) is 9.59 Å². The highest BCUT2D eigenvalue weighted by atomic mass is 35.5. The van der Waals surface area contributed by atoms with Gasteiger partial charge in [-0.05, 0) is 12.1 Å². The number of piperazine rings is 1. The number of aromatic nitrogens is 2. The van der Waals surface area contributed by atoms with E-state index in [1.54, 1.807) is 41.2 Å². The number of hydrogen-bond donors (Lipinski definition) is 2. The summed E-state index contributed by atoms with van der Waals surface area (Å²) in [6, 6.07) is 6.96. The summed E-state index contributed by atoms with van der Waals surface area (Å²) in [7, 11) is 1.63. The van der Waals surface area contributed by atoms with Crippen LogP contribution in [-0.2, 0) is 16.1 Å². The van der Waals surface area contributed by atoms with E-state index in [0.717, 1.165) is 0 Å². The zero-order chi connectivity index (χ0) is 20.6. The summed E-state index contributed by atoms with van der Waals surface area (Å²) in [5.74, 6) is -0.125. The van der Waals surface area contributed by atoms with E-state index >= 15 is 0 Å². The molecule has 1 aliphatic heterocycles. The third-order valence-corrected chi connectivity index (χ3v) is 4.91. The monoisotopic (exact) mass is 420 g/mol. The van der Waals surface area contributed by atoms with E-state index in [1.165, 1.54) is 0 Å². The van der Waals surface area contributed by atoms with E-state index in [0.29, 0.717) is 55.7 Å². The molecule has 29 heavy (non-hydrogen) atoms. The maximum absolute atomic E-state index is 12.4. The molecule has 2 heterocycles. The number of benzene rings is 1. The van der Waals surface area contributed by atoms with E-state index in [2.05, 4.69) is 15.7 Å². The van der Waals surface area contributed by atoms with Crippen molar-refractivity contribution in [2.45, 2.75) is 6.54 Å². The highest BCUT2D eigenvalue weighted by Crippen LogP contribution is 2.20. The van der Waals surface area contributed by atoms with Gasteiger partial charge in [-0.2, -0.15) is 5.10 Å². The maximum Gasteiger partial charge on any atom is 0.322 e. The standard InChI is InChI=1S/C19H25ClN6O3/c1-29-11-10-26-13-15(12-21-26)22-19(28)25-8-6-24(7-9-25)14-18(27)23-17-5-3-2-4-16(17)20/h2-5,12-13H,6-11,14H2,1H3,(H,22,28)(H,23,27). The minimum atomic E-state index is -0.170. The molecule has 0 atom stereocenters. The number of urea groups is 1. The smallest absolute Gasteiger partial charge is 0.322 e. The van der Waals surface area contributed by atoms with Gasteiger partial charge in [0.25, 0.3) is 0 Å². The van der Waals surface area contributed by atoms with Gasteiger partial charge < -0.3 is 20.3 Å². The van der Waals surface area contributed by atoms with E-state index < -0.39 is 0 Å². The number of rotatable bonds is 7. The van der Waals surface area contributed by atoms with Gasteiger partial charge in [0.15, 0.2) is 0 Å². The van der Waals surface area contributed by atoms with Gasteiger partial charge >= 0.3 is 6.03 Å². The Balaban J connectivity index is 1.41. The molecule has 1 aromatic carbocycles. The summed E-state index contributed by atoms with van der Waals surface area (Å²) in [5, 5.41) is 10.4. The van der Waals surface area contributed by atoms with Crippen LogP contribution >= 0.6 is 11.6 Å². The van der Waals surface area contributed by atoms with Crippen molar-refractivity contribution in [2.75, 3.05) is 57.1 Å². The number of para-hydroxylation sites is 1. The minimum Gasteiger partial charge on any atom is -0.383 e. The summed E-state index contributed by atoms with van der Waals surface area (Å²) in [6.45, 7) is 3.77. The molecule has 3 amide bonds. The van der Waals surface area contributed by atoms with Gasteiger partial charge in [0.2, 0.25) is 5.91 Å². The average molecular weight is 421 g/mol. The fourth-order valence-electron chi connectivity index (χ4n) is 3.00. The lowest BCUT2D eigenvalue weighted by Gasteiger charge is -2.34. The van der Waals surface area contributed by atoms with Crippen molar-refractivity contribution in [3.05, 3.63) is 41.7 Å². The number of amides is 3. The molecule has 1 aliphatic rings. The lowest BCUT2D eigenvalue weighted by molar-refractivity contribution is -0.117. The van der Waals surface area contributed by atoms with Gasteiger partial charge in [0, 0.05) is 39.5 Å². The lowest BCUT2D eigenvalue weighted by Crippen LogP contribution is -2.51. The molecule has 3 rings (SSSR count). The number of carbonyl (C=O) groups excluding carboxylic acids is 2. The molecule has 1 fully saturated rings. The molecule has 1 saturated heterocycles. The number of nitrogens with one attached hydrogen (secondary N) is 2. The van der Waals surface area contributed by atoms with Crippen LogP contribution in [0.2, 0.25) is 5.02 Å². The number of carbonyl (C=O) groups is 2. The second kappa shape index (κ2) is 10.2. The molecule has 1 aromatic heterocycles. The van der Waals surface area contributed by atoms with Crippen molar-refractivity contribution < 1.29 is 14.3 Å². The molecule has 0 spiro atoms. The molecule has 2 N–H and O–H groups in total. The molecule has 156 valence electrons. The Morgan fingerprint density at radius 2 is 1.93 bits per heavy atom. The third kappa shape index (κ3) is 6.18. The van der Waals surface area contributed by atoms with Crippen LogP contribution in [0.1, 0.15) is 0 Å². The predicted molar refractivity (Wildman–Crippen MR) is 111 cm³/mol. The first-order chi connectivity index (χ1) is 14.0. The molecule has 0 unspecified atom stereocenters. The van der Waals surface area contributed by atoms with Crippen molar-refractivity contribution in [2.24, 2.45) is 0 Å². The third-order valence-electron chi connectivity index (χ3n) is 4.58. The van der Waals surface area contributed by atoms with Gasteiger partial charge in [-0.1, -0.05) is 23.7 Å². The van der Waals surface area contributed by atoms with Gasteiger partial charge in [0.05, 0.1) is 42.3 Å². The van der Waals surface area contributed by atoms with Crippen LogP contribution < -0.4 is 10.6 Å². The Morgan fingerprint density at radius 3 is 2.66 bits per heavy atom. The molecular formula is C19H25ClN6O3. The molecule has 10 heteroatoms. The molecule has 9 nitrogen and oxygen atoms in total. The number of nitrogens with zero attached hydrogens (tertiary/aromatic N) is 4. The van der Waals surface area contributed by atoms with Gasteiger partial charge in [-0.15, -0.1) is 0 Å². The van der Waals surface area contributed by atoms with Gasteiger partial charge in [0.1, 0.15) is 0 Å². The first-order valence-corrected chi connectivity index (χ1v) is 9.77. The Labute approximate surface area is 174 Å². The van der Waals surface area contributed by atoms with Crippen LogP contribution in [0.25, 0.3) is 0 Å². The summed E-state index contributed by atoms with van der Waals surface area (Å²) < 4.78 is 6.73. The van der Waals surface area contributed by atoms with Crippen LogP contribution in [-0.4, -0.2) is 78.0 Å². The largest absolute Gasteiger partial charge is 0.383 e. The van der Waals surface area contributed by atoms with E-state index in [1.807, 2.05) is 17.0 Å². The van der Waals surface area contributed by atoms with Crippen molar-refractivity contribution in [3.8, 4) is 0 Å². The van der Waals surface area contributed by atoms with E-state index in [4.69, 9.17) is 16.3 Å². The second-order valence-corrected chi connectivity index (χ2v) is 7.11. The topological polar surface area (TPSA) is 91.7 Å². The Morgan fingerprint density at radius 1 is 1.17 bits per heavy atom. The van der Waals surface area contributed by atoms with Crippen molar-refractivity contribution in [1.82, 2.24) is 19.6 Å². The van der Waals surface area contributed by atoms with Crippen LogP contribution in [0.3, 0.4) is 0 Å². The second-order valence-electron chi connectivity index (χ2n) is 6.71. The highest BCUT2D eigenvalue weighted by molar-refractivity contribution is 6.33. The van der Waals surface area contributed by atoms with Crippen LogP contribution in [0.5, 0.6) is 0 Å². The Bertz CT molecular complexity index is 835. The fourth-order valence-corrected chi connectivity index (χ4v) is 3.19. The van der Waals surface area contributed by atoms with Gasteiger partial charge in [-0.25, -0.2) is 4.79 Å². The van der Waals surface area contributed by atoms with Crippen LogP contribution in [0.4, 0.5) is 16.2 Å².